The second-order valence-corrected chi connectivity index (χ2v) is 8.29. The maximum Gasteiger partial charge on any atom is 0.343 e. The van der Waals surface area contributed by atoms with Crippen molar-refractivity contribution in [2.75, 3.05) is 13.2 Å². The molecule has 8 nitrogen and oxygen atoms in total. The van der Waals surface area contributed by atoms with E-state index in [4.69, 9.17) is 9.47 Å². The topological polar surface area (TPSA) is 106 Å². The number of benzene rings is 3. The van der Waals surface area contributed by atoms with Crippen LogP contribution >= 0.6 is 15.9 Å². The van der Waals surface area contributed by atoms with Gasteiger partial charge < -0.3 is 14.8 Å². The third-order valence-electron chi connectivity index (χ3n) is 4.69. The maximum absolute atomic E-state index is 12.6. The Morgan fingerprint density at radius 1 is 0.971 bits per heavy atom. The first-order valence-electron chi connectivity index (χ1n) is 10.8. The number of hydrazone groups is 1. The second kappa shape index (κ2) is 12.5. The molecule has 0 heterocycles. The maximum atomic E-state index is 12.6. The third kappa shape index (κ3) is 7.79. The first-order chi connectivity index (χ1) is 16.9. The van der Waals surface area contributed by atoms with Crippen molar-refractivity contribution in [3.63, 3.8) is 0 Å². The van der Waals surface area contributed by atoms with E-state index in [-0.39, 0.29) is 18.2 Å². The summed E-state index contributed by atoms with van der Waals surface area (Å²) in [7, 11) is 0. The van der Waals surface area contributed by atoms with Crippen LogP contribution in [0, 0.1) is 6.92 Å². The molecule has 3 aromatic carbocycles. The molecular weight excluding hydrogens is 514 g/mol. The number of rotatable bonds is 9. The van der Waals surface area contributed by atoms with Gasteiger partial charge in [0.25, 0.3) is 11.8 Å². The van der Waals surface area contributed by atoms with Gasteiger partial charge in [-0.15, -0.1) is 0 Å². The van der Waals surface area contributed by atoms with Crippen LogP contribution in [0.1, 0.15) is 38.8 Å². The number of halogens is 1. The van der Waals surface area contributed by atoms with Gasteiger partial charge >= 0.3 is 5.97 Å². The molecule has 3 rings (SSSR count). The molecule has 2 amide bonds. The first-order valence-corrected chi connectivity index (χ1v) is 11.6. The molecular formula is C26H24BrN3O5. The highest BCUT2D eigenvalue weighted by Crippen LogP contribution is 2.23. The largest absolute Gasteiger partial charge is 0.494 e. The summed E-state index contributed by atoms with van der Waals surface area (Å²) in [6.07, 6.45) is 1.35. The lowest BCUT2D eigenvalue weighted by molar-refractivity contribution is -0.120. The van der Waals surface area contributed by atoms with Crippen LogP contribution in [0.3, 0.4) is 0 Å². The van der Waals surface area contributed by atoms with E-state index < -0.39 is 11.9 Å². The fourth-order valence-electron chi connectivity index (χ4n) is 2.91. The summed E-state index contributed by atoms with van der Waals surface area (Å²) < 4.78 is 11.6. The lowest BCUT2D eigenvalue weighted by Gasteiger charge is -2.09. The third-order valence-corrected chi connectivity index (χ3v) is 5.18. The molecule has 0 unspecified atom stereocenters. The van der Waals surface area contributed by atoms with E-state index in [0.29, 0.717) is 29.0 Å². The van der Waals surface area contributed by atoms with Crippen LogP contribution in [0.2, 0.25) is 0 Å². The first kappa shape index (κ1) is 25.6. The van der Waals surface area contributed by atoms with E-state index in [2.05, 4.69) is 31.8 Å². The lowest BCUT2D eigenvalue weighted by atomic mass is 10.1. The minimum absolute atomic E-state index is 0.248. The number of amides is 2. The predicted octanol–water partition coefficient (Wildman–Crippen LogP) is 4.26. The van der Waals surface area contributed by atoms with Crippen molar-refractivity contribution in [2.45, 2.75) is 13.8 Å². The zero-order chi connectivity index (χ0) is 25.2. The Morgan fingerprint density at radius 2 is 1.66 bits per heavy atom. The van der Waals surface area contributed by atoms with Crippen molar-refractivity contribution in [2.24, 2.45) is 5.10 Å². The number of hydrogen-bond donors (Lipinski definition) is 2. The molecule has 0 aromatic heterocycles. The van der Waals surface area contributed by atoms with Crippen LogP contribution < -0.4 is 20.2 Å². The Balaban J connectivity index is 1.58. The predicted molar refractivity (Wildman–Crippen MR) is 136 cm³/mol. The minimum atomic E-state index is -0.548. The van der Waals surface area contributed by atoms with E-state index in [1.54, 1.807) is 54.6 Å². The molecule has 3 aromatic rings. The van der Waals surface area contributed by atoms with Crippen molar-refractivity contribution in [3.05, 3.63) is 93.5 Å². The zero-order valence-electron chi connectivity index (χ0n) is 19.2. The van der Waals surface area contributed by atoms with Crippen molar-refractivity contribution in [1.82, 2.24) is 10.7 Å². The molecule has 0 spiro atoms. The molecule has 0 aliphatic heterocycles. The van der Waals surface area contributed by atoms with Gasteiger partial charge in [0.05, 0.1) is 24.9 Å². The molecule has 0 aliphatic carbocycles. The molecule has 35 heavy (non-hydrogen) atoms. The quantitative estimate of drug-likeness (QED) is 0.183. The molecule has 0 fully saturated rings. The summed E-state index contributed by atoms with van der Waals surface area (Å²) in [5.41, 5.74) is 4.65. The number of nitrogens with one attached hydrogen (secondary N) is 2. The van der Waals surface area contributed by atoms with Crippen molar-refractivity contribution in [1.29, 1.82) is 0 Å². The number of ether oxygens (including phenoxy) is 2. The Morgan fingerprint density at radius 3 is 2.34 bits per heavy atom. The summed E-state index contributed by atoms with van der Waals surface area (Å²) in [5, 5.41) is 6.45. The molecule has 9 heteroatoms. The van der Waals surface area contributed by atoms with E-state index in [9.17, 15) is 14.4 Å². The number of nitrogens with zero attached hydrogens (tertiary/aromatic N) is 1. The van der Waals surface area contributed by atoms with Crippen molar-refractivity contribution >= 4 is 39.9 Å². The highest BCUT2D eigenvalue weighted by atomic mass is 79.9. The normalized spacial score (nSPS) is 10.6. The van der Waals surface area contributed by atoms with E-state index in [1.165, 1.54) is 6.21 Å². The Labute approximate surface area is 211 Å². The van der Waals surface area contributed by atoms with Crippen LogP contribution in [-0.2, 0) is 4.79 Å². The van der Waals surface area contributed by atoms with Gasteiger partial charge in [0.1, 0.15) is 11.5 Å². The number of aryl methyl sites for hydroxylation is 1. The Kier molecular flexibility index (Phi) is 9.14. The zero-order valence-corrected chi connectivity index (χ0v) is 20.8. The molecule has 0 atom stereocenters. The van der Waals surface area contributed by atoms with Crippen molar-refractivity contribution < 1.29 is 23.9 Å². The summed E-state index contributed by atoms with van der Waals surface area (Å²) in [4.78, 5) is 36.7. The lowest BCUT2D eigenvalue weighted by Crippen LogP contribution is -2.34. The number of carbonyl (C=O) groups is 3. The standard InChI is InChI=1S/C26H24BrN3O5/c1-3-34-22-11-8-19(9-12-22)26(33)35-23-13-10-21(27)14-20(23)15-29-30-24(31)16-28-25(32)18-6-4-17(2)5-7-18/h4-15H,3,16H2,1-2H3,(H,28,32)(H,30,31)/b29-15+. The molecule has 2 N–H and O–H groups in total. The minimum Gasteiger partial charge on any atom is -0.494 e. The van der Waals surface area contributed by atoms with Gasteiger partial charge in [0.2, 0.25) is 0 Å². The van der Waals surface area contributed by atoms with Crippen LogP contribution in [-0.4, -0.2) is 37.1 Å². The van der Waals surface area contributed by atoms with Gasteiger partial charge in [-0.25, -0.2) is 10.2 Å². The van der Waals surface area contributed by atoms with E-state index in [0.717, 1.165) is 10.0 Å². The van der Waals surface area contributed by atoms with E-state index in [1.807, 2.05) is 26.0 Å². The molecule has 0 radical (unpaired) electrons. The monoisotopic (exact) mass is 537 g/mol. The van der Waals surface area contributed by atoms with Gasteiger partial charge in [-0.2, -0.15) is 5.10 Å². The summed E-state index contributed by atoms with van der Waals surface area (Å²) in [6, 6.07) is 18.6. The highest BCUT2D eigenvalue weighted by molar-refractivity contribution is 9.10. The Hall–Kier alpha value is -3.98. The molecule has 0 bridgehead atoms. The molecule has 0 saturated heterocycles. The van der Waals surface area contributed by atoms with Gasteiger partial charge in [0.15, 0.2) is 0 Å². The second-order valence-electron chi connectivity index (χ2n) is 7.37. The SMILES string of the molecule is CCOc1ccc(C(=O)Oc2ccc(Br)cc2/C=N/NC(=O)CNC(=O)c2ccc(C)cc2)cc1. The van der Waals surface area contributed by atoms with Crippen LogP contribution in [0.25, 0.3) is 0 Å². The van der Waals surface area contributed by atoms with Gasteiger partial charge in [-0.05, 0) is 68.4 Å². The number of carbonyl (C=O) groups excluding carboxylic acids is 3. The molecule has 0 saturated carbocycles. The summed E-state index contributed by atoms with van der Waals surface area (Å²) in [6.45, 7) is 4.08. The van der Waals surface area contributed by atoms with E-state index >= 15 is 0 Å². The smallest absolute Gasteiger partial charge is 0.343 e. The van der Waals surface area contributed by atoms with Crippen molar-refractivity contribution in [3.8, 4) is 11.5 Å². The highest BCUT2D eigenvalue weighted by Gasteiger charge is 2.12. The van der Waals surface area contributed by atoms with Crippen LogP contribution in [0.5, 0.6) is 11.5 Å². The average Bonchev–Trinajstić information content (AvgIpc) is 2.85. The van der Waals surface area contributed by atoms with Gasteiger partial charge in [-0.1, -0.05) is 33.6 Å². The van der Waals surface area contributed by atoms with Crippen LogP contribution in [0.4, 0.5) is 0 Å². The fourth-order valence-corrected chi connectivity index (χ4v) is 3.29. The fraction of sp³-hybridized carbons (Fsp3) is 0.154. The Bertz CT molecular complexity index is 1220. The average molecular weight is 538 g/mol. The van der Waals surface area contributed by atoms with Crippen LogP contribution in [0.15, 0.2) is 76.3 Å². The number of hydrogen-bond acceptors (Lipinski definition) is 6. The van der Waals surface area contributed by atoms with Gasteiger partial charge in [0, 0.05) is 15.6 Å². The number of esters is 1. The summed E-state index contributed by atoms with van der Waals surface area (Å²) >= 11 is 3.37. The van der Waals surface area contributed by atoms with Gasteiger partial charge in [-0.3, -0.25) is 9.59 Å². The molecule has 0 aliphatic rings. The molecule has 180 valence electrons. The summed E-state index contributed by atoms with van der Waals surface area (Å²) in [5.74, 6) is -0.499.